The molecule has 0 radical (unpaired) electrons. The van der Waals surface area contributed by atoms with Crippen LogP contribution in [0.5, 0.6) is 0 Å². The Morgan fingerprint density at radius 2 is 0.951 bits per heavy atom. The van der Waals surface area contributed by atoms with E-state index in [1.807, 2.05) is 0 Å². The third kappa shape index (κ3) is 5.49. The monoisotopic (exact) mass is 564 g/mol. The molecule has 2 unspecified atom stereocenters. The molecule has 6 rings (SSSR count). The van der Waals surface area contributed by atoms with Crippen LogP contribution in [0.25, 0.3) is 22.3 Å². The van der Waals surface area contributed by atoms with E-state index in [2.05, 4.69) is 84.0 Å². The van der Waals surface area contributed by atoms with Crippen LogP contribution in [0.2, 0.25) is 0 Å². The van der Waals surface area contributed by atoms with E-state index >= 15 is 0 Å². The highest BCUT2D eigenvalue weighted by molar-refractivity contribution is 7.68. The summed E-state index contributed by atoms with van der Waals surface area (Å²) < 4.78 is 0. The second kappa shape index (κ2) is 11.8. The van der Waals surface area contributed by atoms with Gasteiger partial charge in [-0.1, -0.05) is 87.2 Å². The maximum Gasteiger partial charge on any atom is 0.134 e. The van der Waals surface area contributed by atoms with Gasteiger partial charge in [0.2, 0.25) is 0 Å². The zero-order chi connectivity index (χ0) is 28.8. The Morgan fingerprint density at radius 3 is 1.32 bits per heavy atom. The second-order valence-corrected chi connectivity index (χ2v) is 16.4. The topological polar surface area (TPSA) is 17.1 Å². The van der Waals surface area contributed by atoms with Gasteiger partial charge in [-0.2, -0.15) is 0 Å². The van der Waals surface area contributed by atoms with E-state index in [4.69, 9.17) is 0 Å². The lowest BCUT2D eigenvalue weighted by Gasteiger charge is -2.45. The van der Waals surface area contributed by atoms with E-state index in [0.29, 0.717) is 28.9 Å². The van der Waals surface area contributed by atoms with Gasteiger partial charge in [0, 0.05) is 12.8 Å². The van der Waals surface area contributed by atoms with Crippen molar-refractivity contribution in [1.29, 1.82) is 0 Å². The largest absolute Gasteiger partial charge is 0.300 e. The predicted octanol–water partition coefficient (Wildman–Crippen LogP) is 10.5. The lowest BCUT2D eigenvalue weighted by molar-refractivity contribution is -0.119. The van der Waals surface area contributed by atoms with Crippen LogP contribution >= 0.6 is 7.92 Å². The molecular weight excluding hydrogens is 515 g/mol. The first-order valence-electron chi connectivity index (χ1n) is 16.3. The van der Waals surface area contributed by atoms with Crippen molar-refractivity contribution in [2.24, 2.45) is 11.8 Å². The Labute approximate surface area is 250 Å². The van der Waals surface area contributed by atoms with Gasteiger partial charge < -0.3 is 0 Å². The molecule has 1 heterocycles. The predicted molar refractivity (Wildman–Crippen MR) is 178 cm³/mol. The van der Waals surface area contributed by atoms with E-state index in [-0.39, 0.29) is 0 Å². The zero-order valence-corrected chi connectivity index (χ0v) is 27.2. The average Bonchev–Trinajstić information content (AvgIpc) is 3.63. The molecule has 0 aromatic heterocycles. The minimum Gasteiger partial charge on any atom is -0.300 e. The van der Waals surface area contributed by atoms with Gasteiger partial charge in [0.25, 0.3) is 0 Å². The van der Waals surface area contributed by atoms with Crippen LogP contribution in [0, 0.1) is 53.4 Å². The number of benzene rings is 3. The van der Waals surface area contributed by atoms with E-state index in [9.17, 15) is 4.79 Å². The van der Waals surface area contributed by atoms with Crippen LogP contribution in [0.15, 0.2) is 42.5 Å². The molecule has 2 saturated carbocycles. The lowest BCUT2D eigenvalue weighted by Crippen LogP contribution is -2.39. The average molecular weight is 565 g/mol. The molecule has 0 bridgehead atoms. The molecule has 2 atom stereocenters. The van der Waals surface area contributed by atoms with E-state index in [0.717, 1.165) is 12.8 Å². The first-order chi connectivity index (χ1) is 19.7. The summed E-state index contributed by atoms with van der Waals surface area (Å²) in [6.45, 7) is 13.7. The van der Waals surface area contributed by atoms with Crippen LogP contribution in [-0.4, -0.2) is 17.1 Å². The van der Waals surface area contributed by atoms with Crippen molar-refractivity contribution in [2.45, 2.75) is 117 Å². The van der Waals surface area contributed by atoms with Gasteiger partial charge in [0.05, 0.1) is 0 Å². The number of rotatable bonds is 5. The van der Waals surface area contributed by atoms with Crippen LogP contribution in [0.3, 0.4) is 0 Å². The third-order valence-corrected chi connectivity index (χ3v) is 14.3. The van der Waals surface area contributed by atoms with Crippen LogP contribution < -0.4 is 5.30 Å². The number of carbonyl (C=O) groups excluding carboxylic acids is 1. The lowest BCUT2D eigenvalue weighted by atomic mass is 9.89. The fourth-order valence-corrected chi connectivity index (χ4v) is 13.6. The van der Waals surface area contributed by atoms with Crippen molar-refractivity contribution >= 4 is 19.0 Å². The normalized spacial score (nSPS) is 24.0. The molecule has 2 heteroatoms. The molecule has 0 N–H and O–H groups in total. The summed E-state index contributed by atoms with van der Waals surface area (Å²) in [5, 5.41) is 1.63. The van der Waals surface area contributed by atoms with Gasteiger partial charge in [0.15, 0.2) is 0 Å². The summed E-state index contributed by atoms with van der Waals surface area (Å²) >= 11 is 0. The molecule has 1 saturated heterocycles. The highest BCUT2D eigenvalue weighted by Gasteiger charge is 2.46. The molecule has 0 spiro atoms. The summed E-state index contributed by atoms with van der Waals surface area (Å²) in [5.74, 6) is 1.97. The molecule has 3 aromatic rings. The number of hydrogen-bond donors (Lipinski definition) is 0. The van der Waals surface area contributed by atoms with E-state index in [1.54, 1.807) is 5.30 Å². The Hall–Kier alpha value is -2.24. The van der Waals surface area contributed by atoms with E-state index in [1.165, 1.54) is 107 Å². The van der Waals surface area contributed by atoms with Crippen LogP contribution in [-0.2, 0) is 4.79 Å². The molecule has 41 heavy (non-hydrogen) atoms. The number of hydrogen-bond acceptors (Lipinski definition) is 1. The summed E-state index contributed by atoms with van der Waals surface area (Å²) in [5.41, 5.74) is 15.1. The summed E-state index contributed by atoms with van der Waals surface area (Å²) in [4.78, 5) is 13.6. The summed E-state index contributed by atoms with van der Waals surface area (Å²) in [7, 11) is -0.517. The minimum absolute atomic E-state index is 0.517. The Balaban J connectivity index is 1.67. The molecule has 216 valence electrons. The number of aryl methyl sites for hydroxylation is 6. The molecule has 1 nitrogen and oxygen atoms in total. The Bertz CT molecular complexity index is 1300. The standard InChI is InChI=1S/C39H49OP/c1-24-18-26(3)37(27(4)19-24)33-16-11-17-34(38-28(5)20-25(2)21-29(38)6)39(33)41-35(30-12-7-8-13-30)22-32(40)23-36(41)31-14-9-10-15-31/h11,16-21,30-31,35-36H,7-10,12-15,22-23H2,1-6H3. The molecule has 1 aliphatic heterocycles. The first kappa shape index (κ1) is 28.9. The van der Waals surface area contributed by atoms with Gasteiger partial charge in [-0.25, -0.2) is 0 Å². The first-order valence-corrected chi connectivity index (χ1v) is 17.8. The maximum absolute atomic E-state index is 13.6. The second-order valence-electron chi connectivity index (χ2n) is 13.8. The molecule has 0 amide bonds. The number of Topliss-reactive ketones (excluding diaryl/α,β-unsaturated/α-hetero) is 1. The molecule has 2 aliphatic carbocycles. The van der Waals surface area contributed by atoms with Gasteiger partial charge >= 0.3 is 0 Å². The SMILES string of the molecule is Cc1cc(C)c(-c2cccc(-c3c(C)cc(C)cc3C)c2P2C(C3CCCC3)CC(=O)CC2C2CCCC2)c(C)c1. The Kier molecular flexibility index (Phi) is 8.31. The number of ketones is 1. The highest BCUT2D eigenvalue weighted by atomic mass is 31.1. The van der Waals surface area contributed by atoms with Crippen molar-refractivity contribution in [2.75, 3.05) is 0 Å². The molecule has 3 aromatic carbocycles. The summed E-state index contributed by atoms with van der Waals surface area (Å²) in [6, 6.07) is 16.7. The van der Waals surface area contributed by atoms with Gasteiger partial charge in [-0.05, 0) is 140 Å². The number of carbonyl (C=O) groups is 1. The fourth-order valence-electron chi connectivity index (χ4n) is 9.23. The summed E-state index contributed by atoms with van der Waals surface area (Å²) in [6.07, 6.45) is 12.2. The smallest absolute Gasteiger partial charge is 0.134 e. The molecule has 3 aliphatic rings. The van der Waals surface area contributed by atoms with Crippen molar-refractivity contribution in [1.82, 2.24) is 0 Å². The van der Waals surface area contributed by atoms with Crippen molar-refractivity contribution in [3.63, 3.8) is 0 Å². The molecular formula is C39H49OP. The minimum atomic E-state index is -0.517. The van der Waals surface area contributed by atoms with E-state index < -0.39 is 7.92 Å². The van der Waals surface area contributed by atoms with Crippen molar-refractivity contribution in [3.05, 3.63) is 75.8 Å². The quantitative estimate of drug-likeness (QED) is 0.282. The fraction of sp³-hybridized carbons (Fsp3) is 0.513. The maximum atomic E-state index is 13.6. The Morgan fingerprint density at radius 1 is 0.585 bits per heavy atom. The molecule has 3 fully saturated rings. The zero-order valence-electron chi connectivity index (χ0n) is 26.3. The van der Waals surface area contributed by atoms with Gasteiger partial charge in [0.1, 0.15) is 5.78 Å². The highest BCUT2D eigenvalue weighted by Crippen LogP contribution is 2.63. The van der Waals surface area contributed by atoms with Crippen LogP contribution in [0.4, 0.5) is 0 Å². The van der Waals surface area contributed by atoms with Crippen LogP contribution in [0.1, 0.15) is 97.6 Å². The van der Waals surface area contributed by atoms with Gasteiger partial charge in [-0.15, -0.1) is 0 Å². The van der Waals surface area contributed by atoms with Gasteiger partial charge in [-0.3, -0.25) is 4.79 Å². The van der Waals surface area contributed by atoms with Crippen molar-refractivity contribution < 1.29 is 4.79 Å². The van der Waals surface area contributed by atoms with Crippen molar-refractivity contribution in [3.8, 4) is 22.3 Å². The third-order valence-electron chi connectivity index (χ3n) is 10.7.